The zero-order valence-electron chi connectivity index (χ0n) is 16.8. The average molecular weight is 387 g/mol. The zero-order valence-corrected chi connectivity index (χ0v) is 19.7. The SMILES string of the molecule is CCCCCCCCC(CCC(O)CCCCCCC)S(=O)(=O)[O-].[Na+]. The molecule has 0 fully saturated rings. The molecule has 0 aromatic rings. The molecule has 0 aliphatic heterocycles. The molecule has 0 saturated carbocycles. The van der Waals surface area contributed by atoms with Crippen molar-refractivity contribution in [2.45, 2.75) is 122 Å². The molecule has 0 amide bonds. The Hall–Kier alpha value is 0.870. The molecule has 0 saturated heterocycles. The molecule has 0 aromatic carbocycles. The molecule has 146 valence electrons. The Morgan fingerprint density at radius 3 is 1.64 bits per heavy atom. The summed E-state index contributed by atoms with van der Waals surface area (Å²) < 4.78 is 34.2. The minimum Gasteiger partial charge on any atom is -0.748 e. The number of aliphatic hydroxyl groups is 1. The minimum absolute atomic E-state index is 0. The van der Waals surface area contributed by atoms with Crippen LogP contribution in [-0.4, -0.2) is 29.4 Å². The molecule has 0 aromatic heterocycles. The van der Waals surface area contributed by atoms with Gasteiger partial charge in [0.15, 0.2) is 0 Å². The van der Waals surface area contributed by atoms with Gasteiger partial charge in [0.2, 0.25) is 0 Å². The minimum atomic E-state index is -4.25. The van der Waals surface area contributed by atoms with Crippen LogP contribution in [0, 0.1) is 0 Å². The van der Waals surface area contributed by atoms with Crippen LogP contribution >= 0.6 is 0 Å². The molecule has 2 unspecified atom stereocenters. The van der Waals surface area contributed by atoms with E-state index in [0.29, 0.717) is 25.7 Å². The van der Waals surface area contributed by atoms with E-state index in [9.17, 15) is 18.1 Å². The fourth-order valence-electron chi connectivity index (χ4n) is 3.09. The quantitative estimate of drug-likeness (QED) is 0.236. The van der Waals surface area contributed by atoms with Crippen LogP contribution in [0.2, 0.25) is 0 Å². The predicted molar refractivity (Wildman–Crippen MR) is 100 cm³/mol. The Kier molecular flexibility index (Phi) is 20.5. The summed E-state index contributed by atoms with van der Waals surface area (Å²) in [5, 5.41) is 9.17. The summed E-state index contributed by atoms with van der Waals surface area (Å²) >= 11 is 0. The molecule has 25 heavy (non-hydrogen) atoms. The molecule has 0 heterocycles. The molecular formula is C19H39NaO4S. The van der Waals surface area contributed by atoms with Crippen LogP contribution in [0.15, 0.2) is 0 Å². The molecule has 6 heteroatoms. The number of rotatable bonds is 17. The van der Waals surface area contributed by atoms with Gasteiger partial charge in [0, 0.05) is 5.25 Å². The van der Waals surface area contributed by atoms with Crippen LogP contribution in [0.4, 0.5) is 0 Å². The fourth-order valence-corrected chi connectivity index (χ4v) is 3.97. The van der Waals surface area contributed by atoms with Crippen LogP contribution in [-0.2, 0) is 10.1 Å². The molecule has 1 N–H and O–H groups in total. The third-order valence-electron chi connectivity index (χ3n) is 4.75. The maximum Gasteiger partial charge on any atom is 1.00 e. The maximum absolute atomic E-state index is 11.4. The standard InChI is InChI=1S/C19H40O4S.Na/c1-3-5-7-9-11-13-15-19(24(21,22)23)17-16-18(20)14-12-10-8-6-4-2;/h18-20H,3-17H2,1-2H3,(H,21,22,23);/q;+1/p-1. The van der Waals surface area contributed by atoms with Crippen LogP contribution in [0.3, 0.4) is 0 Å². The second-order valence-corrected chi connectivity index (χ2v) is 8.76. The molecular weight excluding hydrogens is 347 g/mol. The van der Waals surface area contributed by atoms with Gasteiger partial charge >= 0.3 is 29.6 Å². The van der Waals surface area contributed by atoms with Gasteiger partial charge in [-0.15, -0.1) is 0 Å². The second kappa shape index (κ2) is 18.2. The Morgan fingerprint density at radius 1 is 0.720 bits per heavy atom. The van der Waals surface area contributed by atoms with Gasteiger partial charge in [-0.05, 0) is 25.7 Å². The van der Waals surface area contributed by atoms with Gasteiger partial charge in [-0.3, -0.25) is 0 Å². The summed E-state index contributed by atoms with van der Waals surface area (Å²) in [5.74, 6) is 0. The number of hydrogen-bond donors (Lipinski definition) is 1. The predicted octanol–water partition coefficient (Wildman–Crippen LogP) is 2.16. The monoisotopic (exact) mass is 386 g/mol. The average Bonchev–Trinajstić information content (AvgIpc) is 2.52. The van der Waals surface area contributed by atoms with Crippen molar-refractivity contribution in [1.82, 2.24) is 0 Å². The zero-order chi connectivity index (χ0) is 18.3. The number of aliphatic hydroxyl groups excluding tert-OH is 1. The Bertz CT molecular complexity index is 374. The Balaban J connectivity index is 0. The first-order valence-corrected chi connectivity index (χ1v) is 11.5. The van der Waals surface area contributed by atoms with Crippen molar-refractivity contribution in [3.63, 3.8) is 0 Å². The van der Waals surface area contributed by atoms with Gasteiger partial charge in [0.25, 0.3) is 0 Å². The van der Waals surface area contributed by atoms with Crippen LogP contribution in [0.1, 0.15) is 110 Å². The first-order chi connectivity index (χ1) is 11.4. The Labute approximate surface area is 178 Å². The normalized spacial score (nSPS) is 14.1. The summed E-state index contributed by atoms with van der Waals surface area (Å²) in [6.07, 6.45) is 13.6. The molecule has 0 rings (SSSR count). The van der Waals surface area contributed by atoms with E-state index in [4.69, 9.17) is 0 Å². The van der Waals surface area contributed by atoms with Crippen LogP contribution in [0.5, 0.6) is 0 Å². The van der Waals surface area contributed by atoms with Crippen molar-refractivity contribution >= 4 is 10.1 Å². The number of hydrogen-bond acceptors (Lipinski definition) is 4. The molecule has 0 spiro atoms. The van der Waals surface area contributed by atoms with E-state index < -0.39 is 21.5 Å². The van der Waals surface area contributed by atoms with Gasteiger partial charge < -0.3 is 9.66 Å². The van der Waals surface area contributed by atoms with Crippen molar-refractivity contribution in [3.8, 4) is 0 Å². The number of unbranched alkanes of at least 4 members (excludes halogenated alkanes) is 9. The van der Waals surface area contributed by atoms with Crippen molar-refractivity contribution in [2.24, 2.45) is 0 Å². The summed E-state index contributed by atoms with van der Waals surface area (Å²) in [7, 11) is -4.25. The van der Waals surface area contributed by atoms with Crippen molar-refractivity contribution < 1.29 is 47.6 Å². The Morgan fingerprint density at radius 2 is 1.16 bits per heavy atom. The van der Waals surface area contributed by atoms with Crippen molar-refractivity contribution in [2.75, 3.05) is 0 Å². The summed E-state index contributed by atoms with van der Waals surface area (Å²) in [4.78, 5) is 0. The van der Waals surface area contributed by atoms with Crippen molar-refractivity contribution in [3.05, 3.63) is 0 Å². The van der Waals surface area contributed by atoms with Gasteiger partial charge in [-0.2, -0.15) is 0 Å². The third kappa shape index (κ3) is 18.0. The van der Waals surface area contributed by atoms with Crippen LogP contribution in [0.25, 0.3) is 0 Å². The summed E-state index contributed by atoms with van der Waals surface area (Å²) in [6, 6.07) is 0. The molecule has 0 aliphatic carbocycles. The molecule has 0 aliphatic rings. The largest absolute Gasteiger partial charge is 1.00 e. The van der Waals surface area contributed by atoms with E-state index in [-0.39, 0.29) is 29.6 Å². The second-order valence-electron chi connectivity index (χ2n) is 7.11. The summed E-state index contributed by atoms with van der Waals surface area (Å²) in [6.45, 7) is 4.33. The smallest absolute Gasteiger partial charge is 0.748 e. The first kappa shape index (κ1) is 28.1. The van der Waals surface area contributed by atoms with E-state index in [1.54, 1.807) is 0 Å². The van der Waals surface area contributed by atoms with Gasteiger partial charge in [-0.25, -0.2) is 8.42 Å². The van der Waals surface area contributed by atoms with Gasteiger partial charge in [0.1, 0.15) is 0 Å². The third-order valence-corrected chi connectivity index (χ3v) is 6.04. The molecule has 2 atom stereocenters. The summed E-state index contributed by atoms with van der Waals surface area (Å²) in [5.41, 5.74) is 0. The van der Waals surface area contributed by atoms with Crippen LogP contribution < -0.4 is 29.6 Å². The molecule has 0 radical (unpaired) electrons. The topological polar surface area (TPSA) is 77.4 Å². The first-order valence-electron chi connectivity index (χ1n) is 10.0. The van der Waals surface area contributed by atoms with E-state index in [1.807, 2.05) is 0 Å². The fraction of sp³-hybridized carbons (Fsp3) is 1.00. The van der Waals surface area contributed by atoms with E-state index in [2.05, 4.69) is 13.8 Å². The van der Waals surface area contributed by atoms with Gasteiger partial charge in [-0.1, -0.05) is 84.5 Å². The van der Waals surface area contributed by atoms with Gasteiger partial charge in [0.05, 0.1) is 16.2 Å². The maximum atomic E-state index is 11.4. The van der Waals surface area contributed by atoms with E-state index >= 15 is 0 Å². The molecule has 4 nitrogen and oxygen atoms in total. The van der Waals surface area contributed by atoms with E-state index in [1.165, 1.54) is 38.5 Å². The van der Waals surface area contributed by atoms with E-state index in [0.717, 1.165) is 32.1 Å². The molecule has 0 bridgehead atoms. The van der Waals surface area contributed by atoms with Crippen molar-refractivity contribution in [1.29, 1.82) is 0 Å².